The van der Waals surface area contributed by atoms with Gasteiger partial charge >= 0.3 is 0 Å². The zero-order valence-corrected chi connectivity index (χ0v) is 11.5. The van der Waals surface area contributed by atoms with E-state index < -0.39 is 0 Å². The minimum atomic E-state index is 0.499. The molecule has 0 bridgehead atoms. The average molecular weight is 253 g/mol. The van der Waals surface area contributed by atoms with Gasteiger partial charge in [-0.15, -0.1) is 0 Å². The Morgan fingerprint density at radius 2 is 2.11 bits per heavy atom. The minimum absolute atomic E-state index is 0.499. The van der Waals surface area contributed by atoms with Crippen LogP contribution in [0.1, 0.15) is 27.2 Å². The number of ether oxygens (including phenoxy) is 2. The molecule has 5 nitrogen and oxygen atoms in total. The van der Waals surface area contributed by atoms with E-state index in [2.05, 4.69) is 36.1 Å². The molecule has 0 aliphatic heterocycles. The molecule has 1 rings (SSSR count). The van der Waals surface area contributed by atoms with Crippen LogP contribution in [0.25, 0.3) is 0 Å². The van der Waals surface area contributed by atoms with Gasteiger partial charge in [0.05, 0.1) is 19.0 Å². The Labute approximate surface area is 109 Å². The predicted octanol–water partition coefficient (Wildman–Crippen LogP) is 2.35. The molecule has 1 aromatic heterocycles. The molecule has 0 aromatic carbocycles. The van der Waals surface area contributed by atoms with Gasteiger partial charge < -0.3 is 14.8 Å². The fraction of sp³-hybridized carbons (Fsp3) is 0.692. The monoisotopic (exact) mass is 253 g/mol. The topological polar surface area (TPSA) is 56.3 Å². The third kappa shape index (κ3) is 6.39. The van der Waals surface area contributed by atoms with Crippen molar-refractivity contribution in [2.45, 2.75) is 27.2 Å². The second-order valence-electron chi connectivity index (χ2n) is 4.49. The van der Waals surface area contributed by atoms with Crippen molar-refractivity contribution in [2.24, 2.45) is 5.92 Å². The van der Waals surface area contributed by atoms with Crippen molar-refractivity contribution >= 4 is 5.82 Å². The number of hydrogen-bond donors (Lipinski definition) is 1. The lowest BCUT2D eigenvalue weighted by atomic mass is 10.2. The summed E-state index contributed by atoms with van der Waals surface area (Å²) in [5.41, 5.74) is 0. The summed E-state index contributed by atoms with van der Waals surface area (Å²) in [7, 11) is 0. The summed E-state index contributed by atoms with van der Waals surface area (Å²) >= 11 is 0. The summed E-state index contributed by atoms with van der Waals surface area (Å²) in [4.78, 5) is 8.37. The van der Waals surface area contributed by atoms with E-state index in [4.69, 9.17) is 9.47 Å². The first-order chi connectivity index (χ1) is 8.72. The van der Waals surface area contributed by atoms with Crippen LogP contribution in [-0.2, 0) is 4.74 Å². The van der Waals surface area contributed by atoms with E-state index in [1.54, 1.807) is 12.4 Å². The summed E-state index contributed by atoms with van der Waals surface area (Å²) < 4.78 is 10.9. The van der Waals surface area contributed by atoms with Gasteiger partial charge in [0.2, 0.25) is 5.88 Å². The van der Waals surface area contributed by atoms with Crippen LogP contribution in [0.3, 0.4) is 0 Å². The van der Waals surface area contributed by atoms with Crippen molar-refractivity contribution < 1.29 is 9.47 Å². The van der Waals surface area contributed by atoms with Crippen LogP contribution in [0.5, 0.6) is 5.88 Å². The molecule has 18 heavy (non-hydrogen) atoms. The van der Waals surface area contributed by atoms with Crippen molar-refractivity contribution in [3.05, 3.63) is 12.4 Å². The number of rotatable bonds is 9. The third-order valence-corrected chi connectivity index (χ3v) is 2.10. The van der Waals surface area contributed by atoms with Gasteiger partial charge in [0.15, 0.2) is 0 Å². The van der Waals surface area contributed by atoms with Gasteiger partial charge in [-0.05, 0) is 12.3 Å². The molecule has 0 aliphatic rings. The fourth-order valence-electron chi connectivity index (χ4n) is 1.28. The summed E-state index contributed by atoms with van der Waals surface area (Å²) in [6.07, 6.45) is 4.35. The molecule has 0 saturated heterocycles. The lowest BCUT2D eigenvalue weighted by molar-refractivity contribution is 0.0805. The maximum Gasteiger partial charge on any atom is 0.234 e. The van der Waals surface area contributed by atoms with Gasteiger partial charge in [0, 0.05) is 13.2 Å². The number of hydrogen-bond acceptors (Lipinski definition) is 5. The first-order valence-corrected chi connectivity index (χ1v) is 6.48. The van der Waals surface area contributed by atoms with E-state index in [0.29, 0.717) is 25.0 Å². The second-order valence-corrected chi connectivity index (χ2v) is 4.49. The first-order valence-electron chi connectivity index (χ1n) is 6.48. The van der Waals surface area contributed by atoms with E-state index in [1.165, 1.54) is 0 Å². The quantitative estimate of drug-likeness (QED) is 0.685. The molecule has 5 heteroatoms. The van der Waals surface area contributed by atoms with Gasteiger partial charge in [-0.25, -0.2) is 0 Å². The Bertz CT molecular complexity index is 332. The van der Waals surface area contributed by atoms with Crippen molar-refractivity contribution in [1.29, 1.82) is 0 Å². The highest BCUT2D eigenvalue weighted by molar-refractivity contribution is 5.32. The van der Waals surface area contributed by atoms with Gasteiger partial charge in [-0.2, -0.15) is 4.98 Å². The molecule has 1 aromatic rings. The van der Waals surface area contributed by atoms with Crippen LogP contribution in [0.4, 0.5) is 5.82 Å². The summed E-state index contributed by atoms with van der Waals surface area (Å²) in [6, 6.07) is 0. The van der Waals surface area contributed by atoms with Crippen LogP contribution in [0, 0.1) is 5.92 Å². The summed E-state index contributed by atoms with van der Waals surface area (Å²) in [6.45, 7) is 9.06. The Hall–Kier alpha value is -1.36. The molecule has 102 valence electrons. The molecular weight excluding hydrogens is 230 g/mol. The number of nitrogens with zero attached hydrogens (tertiary/aromatic N) is 2. The molecule has 0 aliphatic carbocycles. The Morgan fingerprint density at radius 1 is 1.28 bits per heavy atom. The molecule has 0 saturated carbocycles. The molecule has 0 atom stereocenters. The largest absolute Gasteiger partial charge is 0.474 e. The van der Waals surface area contributed by atoms with Crippen molar-refractivity contribution in [1.82, 2.24) is 9.97 Å². The summed E-state index contributed by atoms with van der Waals surface area (Å²) in [5.74, 6) is 1.83. The van der Waals surface area contributed by atoms with Crippen molar-refractivity contribution in [3.8, 4) is 5.88 Å². The molecule has 0 amide bonds. The van der Waals surface area contributed by atoms with Gasteiger partial charge in [0.25, 0.3) is 0 Å². The van der Waals surface area contributed by atoms with Crippen molar-refractivity contribution in [3.63, 3.8) is 0 Å². The Morgan fingerprint density at radius 3 is 2.83 bits per heavy atom. The summed E-state index contributed by atoms with van der Waals surface area (Å²) in [5, 5.41) is 3.17. The van der Waals surface area contributed by atoms with Crippen LogP contribution < -0.4 is 10.1 Å². The molecule has 0 radical (unpaired) electrons. The lowest BCUT2D eigenvalue weighted by Crippen LogP contribution is -2.11. The first kappa shape index (κ1) is 14.7. The van der Waals surface area contributed by atoms with E-state index in [-0.39, 0.29) is 0 Å². The maximum absolute atomic E-state index is 5.47. The zero-order valence-electron chi connectivity index (χ0n) is 11.5. The average Bonchev–Trinajstić information content (AvgIpc) is 2.36. The molecule has 1 heterocycles. The van der Waals surface area contributed by atoms with E-state index in [9.17, 15) is 0 Å². The van der Waals surface area contributed by atoms with Crippen LogP contribution in [0.15, 0.2) is 12.4 Å². The Kier molecular flexibility index (Phi) is 7.10. The maximum atomic E-state index is 5.47. The number of nitrogens with one attached hydrogen (secondary N) is 1. The third-order valence-electron chi connectivity index (χ3n) is 2.10. The van der Waals surface area contributed by atoms with Gasteiger partial charge in [-0.3, -0.25) is 4.98 Å². The van der Waals surface area contributed by atoms with Gasteiger partial charge in [-0.1, -0.05) is 20.8 Å². The van der Waals surface area contributed by atoms with E-state index >= 15 is 0 Å². The highest BCUT2D eigenvalue weighted by atomic mass is 16.5. The molecule has 0 unspecified atom stereocenters. The Balaban J connectivity index is 2.24. The van der Waals surface area contributed by atoms with Crippen LogP contribution in [-0.4, -0.2) is 36.3 Å². The molecular formula is C13H23N3O2. The van der Waals surface area contributed by atoms with Crippen molar-refractivity contribution in [2.75, 3.05) is 31.7 Å². The predicted molar refractivity (Wildman–Crippen MR) is 72.0 cm³/mol. The lowest BCUT2D eigenvalue weighted by Gasteiger charge is -2.09. The highest BCUT2D eigenvalue weighted by Gasteiger charge is 1.99. The number of anilines is 1. The zero-order chi connectivity index (χ0) is 13.2. The SMILES string of the molecule is CCCNc1cncc(OCCOCC(C)C)n1. The minimum Gasteiger partial charge on any atom is -0.474 e. The molecule has 0 fully saturated rings. The van der Waals surface area contributed by atoms with Gasteiger partial charge in [0.1, 0.15) is 12.4 Å². The van der Waals surface area contributed by atoms with E-state index in [1.807, 2.05) is 0 Å². The normalized spacial score (nSPS) is 10.7. The van der Waals surface area contributed by atoms with Crippen LogP contribution >= 0.6 is 0 Å². The highest BCUT2D eigenvalue weighted by Crippen LogP contribution is 2.08. The molecule has 0 spiro atoms. The smallest absolute Gasteiger partial charge is 0.234 e. The standard InChI is InChI=1S/C13H23N3O2/c1-4-5-15-12-8-14-9-13(16-12)18-7-6-17-10-11(2)3/h8-9,11H,4-7,10H2,1-3H3,(H,15,16). The second kappa shape index (κ2) is 8.69. The number of aromatic nitrogens is 2. The fourth-order valence-corrected chi connectivity index (χ4v) is 1.28. The molecule has 1 N–H and O–H groups in total. The van der Waals surface area contributed by atoms with Crippen LogP contribution in [0.2, 0.25) is 0 Å². The van der Waals surface area contributed by atoms with E-state index in [0.717, 1.165) is 25.4 Å².